The van der Waals surface area contributed by atoms with Crippen molar-refractivity contribution in [2.45, 2.75) is 37.1 Å². The van der Waals surface area contributed by atoms with Crippen LogP contribution in [0, 0.1) is 0 Å². The van der Waals surface area contributed by atoms with Gasteiger partial charge in [0.2, 0.25) is 10.0 Å². The van der Waals surface area contributed by atoms with Gasteiger partial charge in [-0.1, -0.05) is 12.8 Å². The molecule has 3 heterocycles. The van der Waals surface area contributed by atoms with Gasteiger partial charge < -0.3 is 14.2 Å². The summed E-state index contributed by atoms with van der Waals surface area (Å²) in [6, 6.07) is 1.53. The highest BCUT2D eigenvalue weighted by atomic mass is 32.2. The van der Waals surface area contributed by atoms with E-state index in [1.807, 2.05) is 0 Å². The highest BCUT2D eigenvalue weighted by Crippen LogP contribution is 2.24. The maximum Gasteiger partial charge on any atom is 0.270 e. The van der Waals surface area contributed by atoms with Crippen LogP contribution in [0.25, 0.3) is 0 Å². The number of hydrogen-bond donors (Lipinski definition) is 0. The SMILES string of the molecule is COCCN1CCn2cc(S(=O)(=O)N3CCCCCC3)cc2C1=O. The van der Waals surface area contributed by atoms with E-state index < -0.39 is 10.0 Å². The number of aromatic nitrogens is 1. The fourth-order valence-electron chi connectivity index (χ4n) is 3.33. The van der Waals surface area contributed by atoms with E-state index in [0.717, 1.165) is 25.7 Å². The van der Waals surface area contributed by atoms with Gasteiger partial charge in [-0.25, -0.2) is 8.42 Å². The molecule has 1 aromatic heterocycles. The van der Waals surface area contributed by atoms with Gasteiger partial charge in [0, 0.05) is 46.0 Å². The number of hydrogen-bond acceptors (Lipinski definition) is 4. The van der Waals surface area contributed by atoms with Crippen molar-refractivity contribution < 1.29 is 17.9 Å². The molecule has 2 aliphatic rings. The maximum absolute atomic E-state index is 12.9. The van der Waals surface area contributed by atoms with E-state index in [-0.39, 0.29) is 10.8 Å². The number of fused-ring (bicyclic) bond motifs is 1. The summed E-state index contributed by atoms with van der Waals surface area (Å²) in [4.78, 5) is 14.5. The third kappa shape index (κ3) is 3.36. The Kier molecular flexibility index (Phi) is 5.27. The Labute approximate surface area is 143 Å². The summed E-state index contributed by atoms with van der Waals surface area (Å²) in [6.07, 6.45) is 5.56. The van der Waals surface area contributed by atoms with E-state index in [0.29, 0.717) is 45.0 Å². The molecule has 0 aromatic carbocycles. The van der Waals surface area contributed by atoms with Gasteiger partial charge in [-0.05, 0) is 18.9 Å². The maximum atomic E-state index is 12.9. The predicted molar refractivity (Wildman–Crippen MR) is 89.4 cm³/mol. The molecular formula is C16H25N3O4S. The second-order valence-corrected chi connectivity index (χ2v) is 8.30. The van der Waals surface area contributed by atoms with Gasteiger partial charge in [0.1, 0.15) is 10.6 Å². The highest BCUT2D eigenvalue weighted by Gasteiger charge is 2.31. The molecule has 7 nitrogen and oxygen atoms in total. The molecule has 1 amide bonds. The van der Waals surface area contributed by atoms with Gasteiger partial charge in [-0.2, -0.15) is 4.31 Å². The second kappa shape index (κ2) is 7.25. The van der Waals surface area contributed by atoms with E-state index in [9.17, 15) is 13.2 Å². The monoisotopic (exact) mass is 355 g/mol. The molecule has 0 N–H and O–H groups in total. The first-order valence-corrected chi connectivity index (χ1v) is 9.96. The minimum absolute atomic E-state index is 0.129. The minimum atomic E-state index is -3.52. The van der Waals surface area contributed by atoms with E-state index in [1.54, 1.807) is 27.1 Å². The number of carbonyl (C=O) groups is 1. The summed E-state index contributed by atoms with van der Waals surface area (Å²) in [7, 11) is -1.92. The Morgan fingerprint density at radius 1 is 1.08 bits per heavy atom. The van der Waals surface area contributed by atoms with Crippen molar-refractivity contribution in [1.82, 2.24) is 13.8 Å². The normalized spacial score (nSPS) is 20.0. The van der Waals surface area contributed by atoms with E-state index in [4.69, 9.17) is 4.74 Å². The number of methoxy groups -OCH3 is 1. The number of nitrogens with zero attached hydrogens (tertiary/aromatic N) is 3. The van der Waals surface area contributed by atoms with Crippen LogP contribution < -0.4 is 0 Å². The lowest BCUT2D eigenvalue weighted by Crippen LogP contribution is -2.41. The third-order valence-electron chi connectivity index (χ3n) is 4.76. The van der Waals surface area contributed by atoms with Crippen molar-refractivity contribution in [2.75, 3.05) is 39.9 Å². The van der Waals surface area contributed by atoms with Gasteiger partial charge in [0.05, 0.1) is 6.61 Å². The quantitative estimate of drug-likeness (QED) is 0.794. The average molecular weight is 355 g/mol. The Morgan fingerprint density at radius 3 is 2.46 bits per heavy atom. The van der Waals surface area contributed by atoms with Crippen LogP contribution in [0.3, 0.4) is 0 Å². The molecule has 134 valence electrons. The zero-order chi connectivity index (χ0) is 17.2. The summed E-state index contributed by atoms with van der Waals surface area (Å²) in [5, 5.41) is 0. The van der Waals surface area contributed by atoms with Crippen LogP contribution in [0.1, 0.15) is 36.2 Å². The molecule has 0 saturated carbocycles. The number of amides is 1. The van der Waals surface area contributed by atoms with Crippen LogP contribution in [0.5, 0.6) is 0 Å². The predicted octanol–water partition coefficient (Wildman–Crippen LogP) is 1.15. The van der Waals surface area contributed by atoms with Crippen molar-refractivity contribution in [3.63, 3.8) is 0 Å². The van der Waals surface area contributed by atoms with Gasteiger partial charge >= 0.3 is 0 Å². The first kappa shape index (κ1) is 17.4. The number of carbonyl (C=O) groups excluding carboxylic acids is 1. The topological polar surface area (TPSA) is 71.8 Å². The lowest BCUT2D eigenvalue weighted by molar-refractivity contribution is 0.0641. The summed E-state index contributed by atoms with van der Waals surface area (Å²) in [6.45, 7) is 3.32. The molecular weight excluding hydrogens is 330 g/mol. The summed E-state index contributed by atoms with van der Waals surface area (Å²) < 4.78 is 34.1. The lowest BCUT2D eigenvalue weighted by atomic mass is 10.2. The van der Waals surface area contributed by atoms with Gasteiger partial charge in [0.15, 0.2) is 0 Å². The summed E-state index contributed by atoms with van der Waals surface area (Å²) >= 11 is 0. The van der Waals surface area contributed by atoms with E-state index in [2.05, 4.69) is 0 Å². The van der Waals surface area contributed by atoms with Gasteiger partial charge in [0.25, 0.3) is 5.91 Å². The van der Waals surface area contributed by atoms with Crippen molar-refractivity contribution in [2.24, 2.45) is 0 Å². The lowest BCUT2D eigenvalue weighted by Gasteiger charge is -2.27. The molecule has 3 rings (SSSR count). The molecule has 8 heteroatoms. The second-order valence-electron chi connectivity index (χ2n) is 6.36. The molecule has 2 aliphatic heterocycles. The number of sulfonamides is 1. The smallest absolute Gasteiger partial charge is 0.270 e. The van der Waals surface area contributed by atoms with Crippen molar-refractivity contribution >= 4 is 15.9 Å². The van der Waals surface area contributed by atoms with Gasteiger partial charge in [-0.3, -0.25) is 4.79 Å². The zero-order valence-corrected chi connectivity index (χ0v) is 14.9. The summed E-state index contributed by atoms with van der Waals surface area (Å²) in [5.74, 6) is -0.129. The van der Waals surface area contributed by atoms with Crippen LogP contribution in [-0.4, -0.2) is 68.0 Å². The van der Waals surface area contributed by atoms with Crippen LogP contribution >= 0.6 is 0 Å². The molecule has 0 radical (unpaired) electrons. The first-order valence-electron chi connectivity index (χ1n) is 8.52. The Balaban J connectivity index is 1.83. The Hall–Kier alpha value is -1.38. The fourth-order valence-corrected chi connectivity index (χ4v) is 4.88. The minimum Gasteiger partial charge on any atom is -0.383 e. The van der Waals surface area contributed by atoms with Crippen LogP contribution in [-0.2, 0) is 21.3 Å². The Bertz CT molecular complexity index is 690. The van der Waals surface area contributed by atoms with E-state index in [1.165, 1.54) is 6.07 Å². The van der Waals surface area contributed by atoms with Crippen LogP contribution in [0.15, 0.2) is 17.2 Å². The first-order chi connectivity index (χ1) is 11.5. The van der Waals surface area contributed by atoms with Crippen molar-refractivity contribution in [1.29, 1.82) is 0 Å². The molecule has 1 saturated heterocycles. The Morgan fingerprint density at radius 2 is 1.79 bits per heavy atom. The van der Waals surface area contributed by atoms with Crippen molar-refractivity contribution in [3.05, 3.63) is 18.0 Å². The molecule has 1 fully saturated rings. The fraction of sp³-hybridized carbons (Fsp3) is 0.688. The van der Waals surface area contributed by atoms with Gasteiger partial charge in [-0.15, -0.1) is 0 Å². The molecule has 1 aromatic rings. The molecule has 0 spiro atoms. The highest BCUT2D eigenvalue weighted by molar-refractivity contribution is 7.89. The summed E-state index contributed by atoms with van der Waals surface area (Å²) in [5.41, 5.74) is 0.450. The zero-order valence-electron chi connectivity index (χ0n) is 14.1. The molecule has 0 atom stereocenters. The number of rotatable bonds is 5. The molecule has 0 unspecified atom stereocenters. The van der Waals surface area contributed by atoms with Crippen molar-refractivity contribution in [3.8, 4) is 0 Å². The van der Waals surface area contributed by atoms with Crippen LogP contribution in [0.2, 0.25) is 0 Å². The standard InChI is InChI=1S/C16H25N3O4S/c1-23-11-10-17-8-9-18-13-14(12-15(18)16(17)20)24(21,22)19-6-4-2-3-5-7-19/h12-13H,2-11H2,1H3. The largest absolute Gasteiger partial charge is 0.383 e. The average Bonchev–Trinajstić information content (AvgIpc) is 2.82. The number of ether oxygens (including phenoxy) is 1. The molecule has 24 heavy (non-hydrogen) atoms. The molecule has 0 aliphatic carbocycles. The third-order valence-corrected chi connectivity index (χ3v) is 6.62. The van der Waals surface area contributed by atoms with E-state index >= 15 is 0 Å². The van der Waals surface area contributed by atoms with Crippen LogP contribution in [0.4, 0.5) is 0 Å². The molecule has 0 bridgehead atoms.